The van der Waals surface area contributed by atoms with Gasteiger partial charge in [0.2, 0.25) is 0 Å². The van der Waals surface area contributed by atoms with Gasteiger partial charge in [0.1, 0.15) is 29.1 Å². The summed E-state index contributed by atoms with van der Waals surface area (Å²) in [6.07, 6.45) is -0.282. The number of rotatable bonds is 8. The third-order valence-corrected chi connectivity index (χ3v) is 6.37. The number of hydrogen-bond acceptors (Lipinski definition) is 0. The fraction of sp³-hybridized carbons (Fsp3) is 0.161. The summed E-state index contributed by atoms with van der Waals surface area (Å²) < 4.78 is 127. The van der Waals surface area contributed by atoms with Crippen molar-refractivity contribution < 1.29 is 39.5 Å². The molecule has 4 aromatic carbocycles. The van der Waals surface area contributed by atoms with E-state index in [1.807, 2.05) is 0 Å². The Morgan fingerprint density at radius 2 is 1.12 bits per heavy atom. The Morgan fingerprint density at radius 1 is 0.575 bits per heavy atom. The average molecular weight is 564 g/mol. The van der Waals surface area contributed by atoms with Gasteiger partial charge in [0.05, 0.1) is 0 Å². The van der Waals surface area contributed by atoms with Crippen molar-refractivity contribution in [2.45, 2.75) is 32.6 Å². The summed E-state index contributed by atoms with van der Waals surface area (Å²) in [5.74, 6) is -10.6. The lowest BCUT2D eigenvalue weighted by molar-refractivity contribution is 0.445. The van der Waals surface area contributed by atoms with E-state index in [0.29, 0.717) is 6.42 Å². The van der Waals surface area contributed by atoms with E-state index in [4.69, 9.17) is 0 Å². The van der Waals surface area contributed by atoms with Crippen molar-refractivity contribution in [3.8, 4) is 22.3 Å². The lowest BCUT2D eigenvalue weighted by Gasteiger charge is -2.12. The molecule has 208 valence electrons. The van der Waals surface area contributed by atoms with Crippen molar-refractivity contribution >= 4 is 5.83 Å². The highest BCUT2D eigenvalue weighted by atomic mass is 19.2. The molecular formula is C31H21F9. The number of aryl methyl sites for hydroxylation is 1. The highest BCUT2D eigenvalue weighted by Gasteiger charge is 2.18. The molecule has 0 fully saturated rings. The molecule has 0 aromatic heterocycles. The largest absolute Gasteiger partial charge is 0.209 e. The van der Waals surface area contributed by atoms with Gasteiger partial charge in [0.15, 0.2) is 23.3 Å². The molecule has 0 saturated heterocycles. The second-order valence-electron chi connectivity index (χ2n) is 9.15. The first-order valence-corrected chi connectivity index (χ1v) is 12.3. The van der Waals surface area contributed by atoms with Crippen LogP contribution in [0, 0.1) is 40.7 Å². The van der Waals surface area contributed by atoms with Gasteiger partial charge in [-0.25, -0.2) is 39.5 Å². The van der Waals surface area contributed by atoms with E-state index in [1.165, 1.54) is 18.2 Å². The molecule has 4 rings (SSSR count). The van der Waals surface area contributed by atoms with E-state index < -0.39 is 57.9 Å². The van der Waals surface area contributed by atoms with Crippen LogP contribution in [0.25, 0.3) is 28.1 Å². The van der Waals surface area contributed by atoms with E-state index in [1.54, 1.807) is 6.92 Å². The summed E-state index contributed by atoms with van der Waals surface area (Å²) in [4.78, 5) is 0. The van der Waals surface area contributed by atoms with Crippen LogP contribution in [0.5, 0.6) is 0 Å². The molecule has 0 spiro atoms. The number of halogens is 9. The fourth-order valence-corrected chi connectivity index (χ4v) is 4.31. The lowest BCUT2D eigenvalue weighted by atomic mass is 9.96. The SMILES string of the molecule is CCCC(F)=C(F)c1ccc(-c2ccc(-c3cc(F)c(CCc4cc(F)c(F)c(F)c4)c(F)c3)c(F)c2)c(F)c1. The van der Waals surface area contributed by atoms with Crippen LogP contribution in [0.2, 0.25) is 0 Å². The topological polar surface area (TPSA) is 0 Å². The molecule has 0 unspecified atom stereocenters. The first-order valence-electron chi connectivity index (χ1n) is 12.3. The van der Waals surface area contributed by atoms with Crippen LogP contribution in [0.1, 0.15) is 36.5 Å². The maximum absolute atomic E-state index is 15.0. The predicted octanol–water partition coefficient (Wildman–Crippen LogP) is 10.2. The van der Waals surface area contributed by atoms with Gasteiger partial charge in [0.25, 0.3) is 0 Å². The molecule has 0 aliphatic carbocycles. The van der Waals surface area contributed by atoms with Crippen molar-refractivity contribution in [1.82, 2.24) is 0 Å². The quantitative estimate of drug-likeness (QED) is 0.148. The summed E-state index contributed by atoms with van der Waals surface area (Å²) >= 11 is 0. The Bertz CT molecular complexity index is 1560. The van der Waals surface area contributed by atoms with Crippen LogP contribution in [-0.2, 0) is 12.8 Å². The van der Waals surface area contributed by atoms with Crippen LogP contribution < -0.4 is 0 Å². The van der Waals surface area contributed by atoms with Gasteiger partial charge < -0.3 is 0 Å². The van der Waals surface area contributed by atoms with Crippen molar-refractivity contribution in [3.05, 3.63) is 124 Å². The zero-order valence-corrected chi connectivity index (χ0v) is 21.0. The van der Waals surface area contributed by atoms with E-state index in [2.05, 4.69) is 0 Å². The molecule has 0 N–H and O–H groups in total. The van der Waals surface area contributed by atoms with Gasteiger partial charge in [0, 0.05) is 28.7 Å². The summed E-state index contributed by atoms with van der Waals surface area (Å²) in [7, 11) is 0. The van der Waals surface area contributed by atoms with E-state index >= 15 is 4.39 Å². The van der Waals surface area contributed by atoms with Crippen LogP contribution in [0.15, 0.2) is 66.5 Å². The molecule has 0 heterocycles. The van der Waals surface area contributed by atoms with Crippen LogP contribution in [0.4, 0.5) is 39.5 Å². The van der Waals surface area contributed by atoms with Crippen molar-refractivity contribution in [2.24, 2.45) is 0 Å². The minimum absolute atomic E-state index is 0.00831. The van der Waals surface area contributed by atoms with Gasteiger partial charge in [-0.1, -0.05) is 31.2 Å². The maximum atomic E-state index is 15.0. The van der Waals surface area contributed by atoms with Crippen molar-refractivity contribution in [1.29, 1.82) is 0 Å². The zero-order valence-electron chi connectivity index (χ0n) is 21.0. The number of allylic oxidation sites excluding steroid dienone is 1. The third-order valence-electron chi connectivity index (χ3n) is 6.37. The maximum Gasteiger partial charge on any atom is 0.194 e. The van der Waals surface area contributed by atoms with Gasteiger partial charge >= 0.3 is 0 Å². The van der Waals surface area contributed by atoms with Crippen LogP contribution >= 0.6 is 0 Å². The first-order chi connectivity index (χ1) is 19.0. The molecule has 0 radical (unpaired) electrons. The second kappa shape index (κ2) is 12.0. The standard InChI is InChI=1S/C31H21F9/c1-2-3-23(32)30(39)18-6-9-20(25(34)13-18)17-5-8-21(24(33)12-17)19-14-26(35)22(27(36)15-19)7-4-16-10-28(37)31(40)29(38)11-16/h5-6,8-15H,2-4,7H2,1H3. The smallest absolute Gasteiger partial charge is 0.194 e. The number of benzene rings is 4. The van der Waals surface area contributed by atoms with Gasteiger partial charge in [-0.15, -0.1) is 0 Å². The Kier molecular flexibility index (Phi) is 8.71. The Hall–Kier alpha value is -4.01. The molecule has 0 saturated carbocycles. The molecular weight excluding hydrogens is 543 g/mol. The van der Waals surface area contributed by atoms with E-state index in [9.17, 15) is 35.1 Å². The van der Waals surface area contributed by atoms with Gasteiger partial charge in [-0.05, 0) is 72.4 Å². The van der Waals surface area contributed by atoms with Crippen LogP contribution in [-0.4, -0.2) is 0 Å². The monoisotopic (exact) mass is 564 g/mol. The number of hydrogen-bond donors (Lipinski definition) is 0. The highest BCUT2D eigenvalue weighted by Crippen LogP contribution is 2.33. The van der Waals surface area contributed by atoms with E-state index in [-0.39, 0.29) is 52.6 Å². The predicted molar refractivity (Wildman–Crippen MR) is 135 cm³/mol. The molecule has 0 atom stereocenters. The molecule has 40 heavy (non-hydrogen) atoms. The Balaban J connectivity index is 1.58. The molecule has 4 aromatic rings. The molecule has 0 aliphatic rings. The van der Waals surface area contributed by atoms with Crippen molar-refractivity contribution in [3.63, 3.8) is 0 Å². The highest BCUT2D eigenvalue weighted by molar-refractivity contribution is 5.73. The molecule has 0 aliphatic heterocycles. The second-order valence-corrected chi connectivity index (χ2v) is 9.15. The summed E-state index contributed by atoms with van der Waals surface area (Å²) in [6.45, 7) is 1.66. The summed E-state index contributed by atoms with van der Waals surface area (Å²) in [5, 5.41) is 0. The first kappa shape index (κ1) is 29.0. The van der Waals surface area contributed by atoms with Gasteiger partial charge in [-0.3, -0.25) is 0 Å². The molecule has 9 heteroatoms. The Labute approximate surface area is 224 Å². The fourth-order valence-electron chi connectivity index (χ4n) is 4.31. The lowest BCUT2D eigenvalue weighted by Crippen LogP contribution is -2.02. The van der Waals surface area contributed by atoms with Gasteiger partial charge in [-0.2, -0.15) is 0 Å². The molecule has 0 amide bonds. The Morgan fingerprint density at radius 3 is 1.70 bits per heavy atom. The minimum Gasteiger partial charge on any atom is -0.209 e. The summed E-state index contributed by atoms with van der Waals surface area (Å²) in [5.41, 5.74) is -1.11. The minimum atomic E-state index is -1.65. The van der Waals surface area contributed by atoms with Crippen LogP contribution in [0.3, 0.4) is 0 Å². The summed E-state index contributed by atoms with van der Waals surface area (Å²) in [6, 6.07) is 9.80. The van der Waals surface area contributed by atoms with Crippen molar-refractivity contribution in [2.75, 3.05) is 0 Å². The third kappa shape index (κ3) is 6.08. The molecule has 0 nitrogen and oxygen atoms in total. The van der Waals surface area contributed by atoms with E-state index in [0.717, 1.165) is 42.5 Å². The zero-order chi connectivity index (χ0) is 29.1. The molecule has 0 bridgehead atoms. The normalized spacial score (nSPS) is 12.1. The average Bonchev–Trinajstić information content (AvgIpc) is 2.90.